The summed E-state index contributed by atoms with van der Waals surface area (Å²) in [5.74, 6) is 0. The van der Waals surface area contributed by atoms with E-state index in [-0.39, 0.29) is 0 Å². The summed E-state index contributed by atoms with van der Waals surface area (Å²) < 4.78 is 0. The third kappa shape index (κ3) is 5.83. The van der Waals surface area contributed by atoms with Crippen LogP contribution in [0.2, 0.25) is 0 Å². The van der Waals surface area contributed by atoms with Crippen LogP contribution in [0.4, 0.5) is 0 Å². The SMILES string of the molecule is CN(C)CCN1CCN(CC(C)(C)C)CC1. The Hall–Kier alpha value is -0.120. The summed E-state index contributed by atoms with van der Waals surface area (Å²) in [4.78, 5) is 7.45. The monoisotopic (exact) mass is 227 g/mol. The molecule has 1 aliphatic rings. The maximum absolute atomic E-state index is 2.60. The molecule has 3 heteroatoms. The lowest BCUT2D eigenvalue weighted by atomic mass is 9.96. The molecule has 1 fully saturated rings. The van der Waals surface area contributed by atoms with E-state index < -0.39 is 0 Å². The van der Waals surface area contributed by atoms with Gasteiger partial charge in [-0.25, -0.2) is 0 Å². The molecule has 0 bridgehead atoms. The van der Waals surface area contributed by atoms with Gasteiger partial charge in [-0.3, -0.25) is 4.90 Å². The van der Waals surface area contributed by atoms with E-state index in [4.69, 9.17) is 0 Å². The molecule has 3 nitrogen and oxygen atoms in total. The van der Waals surface area contributed by atoms with Gasteiger partial charge in [-0.15, -0.1) is 0 Å². The molecule has 0 unspecified atom stereocenters. The van der Waals surface area contributed by atoms with Gasteiger partial charge in [0, 0.05) is 45.8 Å². The summed E-state index contributed by atoms with van der Waals surface area (Å²) in [6.07, 6.45) is 0. The molecule has 1 aliphatic heterocycles. The van der Waals surface area contributed by atoms with Gasteiger partial charge in [0.2, 0.25) is 0 Å². The zero-order chi connectivity index (χ0) is 12.2. The fourth-order valence-electron chi connectivity index (χ4n) is 2.18. The average molecular weight is 227 g/mol. The van der Waals surface area contributed by atoms with Gasteiger partial charge in [-0.1, -0.05) is 20.8 Å². The Labute approximate surface area is 101 Å². The minimum atomic E-state index is 0.436. The molecule has 0 saturated carbocycles. The van der Waals surface area contributed by atoms with E-state index in [1.54, 1.807) is 0 Å². The maximum Gasteiger partial charge on any atom is 0.0110 e. The largest absolute Gasteiger partial charge is 0.308 e. The Morgan fingerprint density at radius 1 is 0.938 bits per heavy atom. The van der Waals surface area contributed by atoms with Crippen molar-refractivity contribution in [1.82, 2.24) is 14.7 Å². The maximum atomic E-state index is 2.60. The molecule has 96 valence electrons. The number of piperazine rings is 1. The van der Waals surface area contributed by atoms with Gasteiger partial charge in [0.05, 0.1) is 0 Å². The topological polar surface area (TPSA) is 9.72 Å². The smallest absolute Gasteiger partial charge is 0.0110 e. The normalized spacial score (nSPS) is 20.6. The summed E-state index contributed by atoms with van der Waals surface area (Å²) in [5.41, 5.74) is 0.436. The number of rotatable bonds is 4. The molecule has 0 aliphatic carbocycles. The highest BCUT2D eigenvalue weighted by Gasteiger charge is 2.21. The number of hydrogen-bond acceptors (Lipinski definition) is 3. The summed E-state index contributed by atoms with van der Waals surface area (Å²) in [5, 5.41) is 0. The number of hydrogen-bond donors (Lipinski definition) is 0. The van der Waals surface area contributed by atoms with Crippen LogP contribution >= 0.6 is 0 Å². The van der Waals surface area contributed by atoms with Crippen LogP contribution in [0.5, 0.6) is 0 Å². The Bertz CT molecular complexity index is 188. The van der Waals surface area contributed by atoms with Crippen molar-refractivity contribution in [1.29, 1.82) is 0 Å². The van der Waals surface area contributed by atoms with Crippen LogP contribution in [0.1, 0.15) is 20.8 Å². The molecule has 0 aromatic rings. The van der Waals surface area contributed by atoms with E-state index in [1.807, 2.05) is 0 Å². The fourth-order valence-corrected chi connectivity index (χ4v) is 2.18. The van der Waals surface area contributed by atoms with E-state index >= 15 is 0 Å². The van der Waals surface area contributed by atoms with E-state index in [0.717, 1.165) is 0 Å². The third-order valence-corrected chi connectivity index (χ3v) is 3.03. The molecule has 1 heterocycles. The standard InChI is InChI=1S/C13H29N3/c1-13(2,3)12-16-10-8-15(9-11-16)7-6-14(4)5/h6-12H2,1-5H3. The first-order chi connectivity index (χ1) is 7.37. The predicted molar refractivity (Wildman–Crippen MR) is 70.9 cm³/mol. The second-order valence-corrected chi connectivity index (χ2v) is 6.48. The lowest BCUT2D eigenvalue weighted by Crippen LogP contribution is -2.49. The first kappa shape index (κ1) is 13.9. The molecule has 0 amide bonds. The number of likely N-dealkylation sites (N-methyl/N-ethyl adjacent to an activating group) is 1. The third-order valence-electron chi connectivity index (χ3n) is 3.03. The van der Waals surface area contributed by atoms with Crippen molar-refractivity contribution in [3.8, 4) is 0 Å². The van der Waals surface area contributed by atoms with Gasteiger partial charge in [0.25, 0.3) is 0 Å². The van der Waals surface area contributed by atoms with Crippen LogP contribution in [0.25, 0.3) is 0 Å². The van der Waals surface area contributed by atoms with E-state index in [0.29, 0.717) is 5.41 Å². The molecule has 16 heavy (non-hydrogen) atoms. The van der Waals surface area contributed by atoms with Crippen LogP contribution in [0, 0.1) is 5.41 Å². The Morgan fingerprint density at radius 3 is 1.88 bits per heavy atom. The first-order valence-corrected chi connectivity index (χ1v) is 6.46. The lowest BCUT2D eigenvalue weighted by Gasteiger charge is -2.38. The van der Waals surface area contributed by atoms with Crippen LogP contribution in [-0.2, 0) is 0 Å². The average Bonchev–Trinajstić information content (AvgIpc) is 2.14. The first-order valence-electron chi connectivity index (χ1n) is 6.46. The highest BCUT2D eigenvalue weighted by molar-refractivity contribution is 4.76. The molecule has 0 spiro atoms. The molecular weight excluding hydrogens is 198 g/mol. The highest BCUT2D eigenvalue weighted by Crippen LogP contribution is 2.16. The summed E-state index contributed by atoms with van der Waals surface area (Å²) in [6.45, 7) is 15.6. The van der Waals surface area contributed by atoms with Gasteiger partial charge in [-0.2, -0.15) is 0 Å². The van der Waals surface area contributed by atoms with Crippen molar-refractivity contribution < 1.29 is 0 Å². The van der Waals surface area contributed by atoms with E-state index in [2.05, 4.69) is 49.6 Å². The van der Waals surface area contributed by atoms with Crippen molar-refractivity contribution in [3.63, 3.8) is 0 Å². The van der Waals surface area contributed by atoms with Crippen LogP contribution < -0.4 is 0 Å². The molecule has 1 saturated heterocycles. The minimum absolute atomic E-state index is 0.436. The Morgan fingerprint density at radius 2 is 1.44 bits per heavy atom. The lowest BCUT2D eigenvalue weighted by molar-refractivity contribution is 0.0981. The Balaban J connectivity index is 2.18. The van der Waals surface area contributed by atoms with E-state index in [9.17, 15) is 0 Å². The molecule has 0 radical (unpaired) electrons. The summed E-state index contributed by atoms with van der Waals surface area (Å²) in [7, 11) is 4.30. The van der Waals surface area contributed by atoms with Gasteiger partial charge in [0.15, 0.2) is 0 Å². The quantitative estimate of drug-likeness (QED) is 0.715. The fraction of sp³-hybridized carbons (Fsp3) is 1.00. The second kappa shape index (κ2) is 5.99. The van der Waals surface area contributed by atoms with Crippen molar-refractivity contribution in [2.45, 2.75) is 20.8 Å². The molecular formula is C13H29N3. The van der Waals surface area contributed by atoms with E-state index in [1.165, 1.54) is 45.8 Å². The number of nitrogens with zero attached hydrogens (tertiary/aromatic N) is 3. The molecule has 0 N–H and O–H groups in total. The molecule has 1 rings (SSSR count). The molecule has 0 aromatic carbocycles. The van der Waals surface area contributed by atoms with Gasteiger partial charge in [-0.05, 0) is 19.5 Å². The summed E-state index contributed by atoms with van der Waals surface area (Å²) >= 11 is 0. The van der Waals surface area contributed by atoms with Crippen molar-refractivity contribution in [2.75, 3.05) is 59.9 Å². The van der Waals surface area contributed by atoms with Crippen molar-refractivity contribution >= 4 is 0 Å². The minimum Gasteiger partial charge on any atom is -0.308 e. The van der Waals surface area contributed by atoms with Gasteiger partial charge in [0.1, 0.15) is 0 Å². The van der Waals surface area contributed by atoms with Crippen molar-refractivity contribution in [3.05, 3.63) is 0 Å². The Kier molecular flexibility index (Phi) is 5.22. The van der Waals surface area contributed by atoms with Crippen LogP contribution in [0.3, 0.4) is 0 Å². The van der Waals surface area contributed by atoms with Gasteiger partial charge >= 0.3 is 0 Å². The second-order valence-electron chi connectivity index (χ2n) is 6.48. The molecule has 0 atom stereocenters. The predicted octanol–water partition coefficient (Wildman–Crippen LogP) is 1.21. The molecule has 0 aromatic heterocycles. The van der Waals surface area contributed by atoms with Gasteiger partial charge < -0.3 is 9.80 Å². The van der Waals surface area contributed by atoms with Crippen molar-refractivity contribution in [2.24, 2.45) is 5.41 Å². The zero-order valence-electron chi connectivity index (χ0n) is 11.8. The zero-order valence-corrected chi connectivity index (χ0v) is 11.8. The van der Waals surface area contributed by atoms with Crippen LogP contribution in [-0.4, -0.2) is 74.6 Å². The van der Waals surface area contributed by atoms with Crippen LogP contribution in [0.15, 0.2) is 0 Å². The summed E-state index contributed by atoms with van der Waals surface area (Å²) in [6, 6.07) is 0. The highest BCUT2D eigenvalue weighted by atomic mass is 15.3.